The Morgan fingerprint density at radius 3 is 2.44 bits per heavy atom. The molecule has 0 spiro atoms. The number of hydrogen-bond acceptors (Lipinski definition) is 3. The van der Waals surface area contributed by atoms with Crippen LogP contribution in [-0.2, 0) is 0 Å². The van der Waals surface area contributed by atoms with Crippen molar-refractivity contribution in [2.24, 2.45) is 0 Å². The van der Waals surface area contributed by atoms with Crippen molar-refractivity contribution >= 4 is 0 Å². The topological polar surface area (TPSA) is 18.5 Å². The smallest absolute Gasteiger partial charge is 0.0235 e. The fourth-order valence-electron chi connectivity index (χ4n) is 2.73. The molecule has 3 nitrogen and oxygen atoms in total. The number of nitrogens with one attached hydrogen (secondary N) is 1. The molecule has 1 atom stereocenters. The molecule has 1 fully saturated rings. The second-order valence-corrected chi connectivity index (χ2v) is 6.13. The quantitative estimate of drug-likeness (QED) is 0.717. The van der Waals surface area contributed by atoms with Crippen LogP contribution >= 0.6 is 0 Å². The van der Waals surface area contributed by atoms with E-state index in [1.165, 1.54) is 45.6 Å². The minimum atomic E-state index is 0.290. The molecule has 3 heteroatoms. The largest absolute Gasteiger partial charge is 0.311 e. The lowest BCUT2D eigenvalue weighted by atomic mass is 10.0. The average molecular weight is 255 g/mol. The molecule has 0 aromatic rings. The van der Waals surface area contributed by atoms with Crippen LogP contribution in [0.25, 0.3) is 0 Å². The number of hydrogen-bond donors (Lipinski definition) is 1. The molecule has 0 aromatic carbocycles. The van der Waals surface area contributed by atoms with Crippen molar-refractivity contribution < 1.29 is 0 Å². The van der Waals surface area contributed by atoms with Crippen LogP contribution in [-0.4, -0.2) is 60.6 Å². The molecule has 0 bridgehead atoms. The van der Waals surface area contributed by atoms with E-state index >= 15 is 0 Å². The first-order chi connectivity index (χ1) is 8.52. The zero-order valence-corrected chi connectivity index (χ0v) is 13.1. The highest BCUT2D eigenvalue weighted by molar-refractivity contribution is 4.84. The third-order valence-corrected chi connectivity index (χ3v) is 4.49. The monoisotopic (exact) mass is 255 g/mol. The van der Waals surface area contributed by atoms with Gasteiger partial charge in [0.05, 0.1) is 0 Å². The van der Waals surface area contributed by atoms with Crippen LogP contribution in [0.2, 0.25) is 0 Å². The van der Waals surface area contributed by atoms with E-state index in [9.17, 15) is 0 Å². The summed E-state index contributed by atoms with van der Waals surface area (Å²) in [6.45, 7) is 18.6. The SMILES string of the molecule is CCN(CC)C1CCN(CCNC(C)(C)CC)C1. The zero-order chi connectivity index (χ0) is 13.6. The summed E-state index contributed by atoms with van der Waals surface area (Å²) < 4.78 is 0. The van der Waals surface area contributed by atoms with Crippen LogP contribution in [0.4, 0.5) is 0 Å². The van der Waals surface area contributed by atoms with Crippen molar-refractivity contribution in [3.63, 3.8) is 0 Å². The predicted molar refractivity (Wildman–Crippen MR) is 80.1 cm³/mol. The fourth-order valence-corrected chi connectivity index (χ4v) is 2.73. The Labute approximate surface area is 114 Å². The normalized spacial score (nSPS) is 22.0. The lowest BCUT2D eigenvalue weighted by Gasteiger charge is -2.28. The lowest BCUT2D eigenvalue weighted by molar-refractivity contribution is 0.209. The standard InChI is InChI=1S/C15H33N3/c1-6-15(4,5)16-10-12-17-11-9-14(13-17)18(7-2)8-3/h14,16H,6-13H2,1-5H3. The molecule has 1 unspecified atom stereocenters. The van der Waals surface area contributed by atoms with Crippen molar-refractivity contribution in [3.05, 3.63) is 0 Å². The van der Waals surface area contributed by atoms with E-state index in [0.29, 0.717) is 0 Å². The Kier molecular flexibility index (Phi) is 6.61. The van der Waals surface area contributed by atoms with E-state index in [-0.39, 0.29) is 5.54 Å². The molecule has 1 heterocycles. The highest BCUT2D eigenvalue weighted by atomic mass is 15.3. The van der Waals surface area contributed by atoms with E-state index < -0.39 is 0 Å². The van der Waals surface area contributed by atoms with Crippen LogP contribution in [0.3, 0.4) is 0 Å². The van der Waals surface area contributed by atoms with Gasteiger partial charge in [-0.1, -0.05) is 20.8 Å². The molecule has 0 aliphatic carbocycles. The molecule has 108 valence electrons. The maximum Gasteiger partial charge on any atom is 0.0235 e. The second-order valence-electron chi connectivity index (χ2n) is 6.13. The molecule has 0 aromatic heterocycles. The Balaban J connectivity index is 2.22. The Hall–Kier alpha value is -0.120. The van der Waals surface area contributed by atoms with Gasteiger partial charge in [-0.3, -0.25) is 4.90 Å². The summed E-state index contributed by atoms with van der Waals surface area (Å²) in [4.78, 5) is 5.21. The first-order valence-corrected chi connectivity index (χ1v) is 7.73. The molecule has 1 aliphatic heterocycles. The van der Waals surface area contributed by atoms with E-state index in [0.717, 1.165) is 12.6 Å². The van der Waals surface area contributed by atoms with Crippen molar-refractivity contribution in [1.29, 1.82) is 0 Å². The van der Waals surface area contributed by atoms with Crippen LogP contribution in [0.1, 0.15) is 47.5 Å². The van der Waals surface area contributed by atoms with Gasteiger partial charge in [-0.05, 0) is 46.3 Å². The van der Waals surface area contributed by atoms with Gasteiger partial charge in [0.25, 0.3) is 0 Å². The fraction of sp³-hybridized carbons (Fsp3) is 1.00. The molecule has 1 N–H and O–H groups in total. The van der Waals surface area contributed by atoms with Gasteiger partial charge in [0.15, 0.2) is 0 Å². The highest BCUT2D eigenvalue weighted by Crippen LogP contribution is 2.15. The van der Waals surface area contributed by atoms with Gasteiger partial charge in [-0.2, -0.15) is 0 Å². The molecule has 1 aliphatic rings. The van der Waals surface area contributed by atoms with Crippen LogP contribution in [0.15, 0.2) is 0 Å². The van der Waals surface area contributed by atoms with E-state index in [1.54, 1.807) is 0 Å². The van der Waals surface area contributed by atoms with Crippen molar-refractivity contribution in [3.8, 4) is 0 Å². The van der Waals surface area contributed by atoms with Crippen LogP contribution in [0.5, 0.6) is 0 Å². The summed E-state index contributed by atoms with van der Waals surface area (Å²) in [7, 11) is 0. The average Bonchev–Trinajstić information content (AvgIpc) is 2.79. The molecule has 1 rings (SSSR count). The van der Waals surface area contributed by atoms with Gasteiger partial charge in [0.1, 0.15) is 0 Å². The molecule has 0 amide bonds. The predicted octanol–water partition coefficient (Wildman–Crippen LogP) is 2.18. The summed E-state index contributed by atoms with van der Waals surface area (Å²) in [5, 5.41) is 3.65. The third kappa shape index (κ3) is 4.87. The molecule has 1 saturated heterocycles. The summed E-state index contributed by atoms with van der Waals surface area (Å²) in [6.07, 6.45) is 2.54. The second kappa shape index (κ2) is 7.46. The summed E-state index contributed by atoms with van der Waals surface area (Å²) in [5.41, 5.74) is 0.290. The summed E-state index contributed by atoms with van der Waals surface area (Å²) in [5.74, 6) is 0. The minimum Gasteiger partial charge on any atom is -0.311 e. The van der Waals surface area contributed by atoms with E-state index in [2.05, 4.69) is 49.7 Å². The summed E-state index contributed by atoms with van der Waals surface area (Å²) in [6, 6.07) is 0.791. The van der Waals surface area contributed by atoms with E-state index in [4.69, 9.17) is 0 Å². The minimum absolute atomic E-state index is 0.290. The maximum atomic E-state index is 3.65. The van der Waals surface area contributed by atoms with Gasteiger partial charge in [-0.15, -0.1) is 0 Å². The number of likely N-dealkylation sites (tertiary alicyclic amines) is 1. The molecule has 18 heavy (non-hydrogen) atoms. The number of rotatable bonds is 8. The molecule has 0 saturated carbocycles. The Bertz CT molecular complexity index is 224. The molecular weight excluding hydrogens is 222 g/mol. The van der Waals surface area contributed by atoms with E-state index in [1.807, 2.05) is 0 Å². The molecule has 0 radical (unpaired) electrons. The highest BCUT2D eigenvalue weighted by Gasteiger charge is 2.25. The first kappa shape index (κ1) is 15.9. The van der Waals surface area contributed by atoms with Gasteiger partial charge in [-0.25, -0.2) is 0 Å². The van der Waals surface area contributed by atoms with Crippen molar-refractivity contribution in [2.75, 3.05) is 39.3 Å². The number of likely N-dealkylation sites (N-methyl/N-ethyl adjacent to an activating group) is 1. The Morgan fingerprint density at radius 2 is 1.89 bits per heavy atom. The van der Waals surface area contributed by atoms with Gasteiger partial charge in [0.2, 0.25) is 0 Å². The third-order valence-electron chi connectivity index (χ3n) is 4.49. The van der Waals surface area contributed by atoms with Crippen molar-refractivity contribution in [2.45, 2.75) is 59.0 Å². The van der Waals surface area contributed by atoms with Gasteiger partial charge in [0, 0.05) is 31.2 Å². The number of nitrogens with zero attached hydrogens (tertiary/aromatic N) is 2. The van der Waals surface area contributed by atoms with Gasteiger partial charge < -0.3 is 10.2 Å². The van der Waals surface area contributed by atoms with Crippen molar-refractivity contribution in [1.82, 2.24) is 15.1 Å². The maximum absolute atomic E-state index is 3.65. The summed E-state index contributed by atoms with van der Waals surface area (Å²) >= 11 is 0. The first-order valence-electron chi connectivity index (χ1n) is 7.73. The molecular formula is C15H33N3. The Morgan fingerprint density at radius 1 is 1.22 bits per heavy atom. The van der Waals surface area contributed by atoms with Gasteiger partial charge >= 0.3 is 0 Å². The van der Waals surface area contributed by atoms with Crippen LogP contribution < -0.4 is 5.32 Å². The van der Waals surface area contributed by atoms with Crippen LogP contribution in [0, 0.1) is 0 Å². The zero-order valence-electron chi connectivity index (χ0n) is 13.1. The lowest BCUT2D eigenvalue weighted by Crippen LogP contribution is -2.43.